The number of ketones is 1. The molecule has 2 nitrogen and oxygen atoms in total. The Morgan fingerprint density at radius 3 is 2.86 bits per heavy atom. The largest absolute Gasteiger partial charge is 0.300 e. The van der Waals surface area contributed by atoms with Crippen molar-refractivity contribution in [2.24, 2.45) is 0 Å². The van der Waals surface area contributed by atoms with Gasteiger partial charge >= 0.3 is 0 Å². The molecule has 1 rings (SSSR count). The Kier molecular flexibility index (Phi) is 3.73. The second-order valence-corrected chi connectivity index (χ2v) is 3.61. The van der Waals surface area contributed by atoms with Crippen LogP contribution in [0.3, 0.4) is 0 Å². The first-order chi connectivity index (χ1) is 6.65. The summed E-state index contributed by atoms with van der Waals surface area (Å²) in [6.45, 7) is 1.54. The topological polar surface area (TPSA) is 40.9 Å². The third kappa shape index (κ3) is 2.61. The molecular formula is C11H11NOS. The molecule has 0 aliphatic heterocycles. The molecule has 0 unspecified atom stereocenters. The van der Waals surface area contributed by atoms with Gasteiger partial charge in [0.2, 0.25) is 0 Å². The molecular weight excluding hydrogens is 194 g/mol. The van der Waals surface area contributed by atoms with Crippen molar-refractivity contribution >= 4 is 18.4 Å². The van der Waals surface area contributed by atoms with Crippen LogP contribution in [0, 0.1) is 11.3 Å². The average Bonchev–Trinajstić information content (AvgIpc) is 2.11. The van der Waals surface area contributed by atoms with Crippen LogP contribution in [-0.2, 0) is 17.6 Å². The third-order valence-corrected chi connectivity index (χ3v) is 2.36. The van der Waals surface area contributed by atoms with Gasteiger partial charge in [-0.2, -0.15) is 5.26 Å². The Bertz CT molecular complexity index is 393. The second kappa shape index (κ2) is 4.83. The van der Waals surface area contributed by atoms with Gasteiger partial charge < -0.3 is 0 Å². The number of carbonyl (C=O) groups is 1. The van der Waals surface area contributed by atoms with E-state index in [0.717, 1.165) is 16.0 Å². The number of carbonyl (C=O) groups excluding carboxylic acids is 1. The van der Waals surface area contributed by atoms with Crippen LogP contribution in [0.15, 0.2) is 23.1 Å². The molecule has 0 aliphatic rings. The molecule has 3 heteroatoms. The Balaban J connectivity index is 3.09. The van der Waals surface area contributed by atoms with Crippen molar-refractivity contribution in [3.05, 3.63) is 29.3 Å². The van der Waals surface area contributed by atoms with Crippen molar-refractivity contribution in [1.29, 1.82) is 5.26 Å². The molecule has 0 N–H and O–H groups in total. The van der Waals surface area contributed by atoms with Gasteiger partial charge in [-0.3, -0.25) is 4.79 Å². The molecule has 0 saturated carbocycles. The molecule has 0 bridgehead atoms. The number of Topliss-reactive ketones (excluding diaryl/α,β-unsaturated/α-hetero) is 1. The quantitative estimate of drug-likeness (QED) is 0.768. The fourth-order valence-corrected chi connectivity index (χ4v) is 1.63. The van der Waals surface area contributed by atoms with Gasteiger partial charge in [-0.05, 0) is 24.1 Å². The summed E-state index contributed by atoms with van der Waals surface area (Å²) in [5.41, 5.74) is 1.78. The van der Waals surface area contributed by atoms with E-state index in [4.69, 9.17) is 5.26 Å². The molecule has 0 spiro atoms. The van der Waals surface area contributed by atoms with Crippen LogP contribution in [0.2, 0.25) is 0 Å². The number of benzene rings is 1. The summed E-state index contributed by atoms with van der Waals surface area (Å²) in [5.74, 6) is 0.0886. The van der Waals surface area contributed by atoms with Crippen LogP contribution in [0.5, 0.6) is 0 Å². The Labute approximate surface area is 89.0 Å². The van der Waals surface area contributed by atoms with Crippen molar-refractivity contribution in [1.82, 2.24) is 0 Å². The minimum absolute atomic E-state index is 0.0886. The van der Waals surface area contributed by atoms with Crippen molar-refractivity contribution in [3.63, 3.8) is 0 Å². The van der Waals surface area contributed by atoms with E-state index in [0.29, 0.717) is 12.8 Å². The molecule has 0 radical (unpaired) electrons. The predicted octanol–water partition coefficient (Wildman–Crippen LogP) is 2.17. The first-order valence-electron chi connectivity index (χ1n) is 4.31. The summed E-state index contributed by atoms with van der Waals surface area (Å²) in [6.07, 6.45) is 0.688. The lowest BCUT2D eigenvalue weighted by atomic mass is 10.0. The summed E-state index contributed by atoms with van der Waals surface area (Å²) < 4.78 is 0. The Morgan fingerprint density at radius 2 is 2.29 bits per heavy atom. The molecule has 0 fully saturated rings. The molecule has 72 valence electrons. The molecule has 0 aliphatic carbocycles. The zero-order valence-electron chi connectivity index (χ0n) is 7.95. The number of hydrogen-bond acceptors (Lipinski definition) is 3. The summed E-state index contributed by atoms with van der Waals surface area (Å²) in [4.78, 5) is 11.8. The van der Waals surface area contributed by atoms with E-state index >= 15 is 0 Å². The summed E-state index contributed by atoms with van der Waals surface area (Å²) in [7, 11) is 0. The van der Waals surface area contributed by atoms with E-state index < -0.39 is 0 Å². The van der Waals surface area contributed by atoms with Crippen molar-refractivity contribution < 1.29 is 4.79 Å². The summed E-state index contributed by atoms with van der Waals surface area (Å²) in [6, 6.07) is 7.62. The lowest BCUT2D eigenvalue weighted by Crippen LogP contribution is -2.02. The zero-order valence-corrected chi connectivity index (χ0v) is 8.84. The van der Waals surface area contributed by atoms with E-state index in [-0.39, 0.29) is 5.78 Å². The second-order valence-electron chi connectivity index (χ2n) is 3.13. The molecule has 0 atom stereocenters. The zero-order chi connectivity index (χ0) is 10.6. The lowest BCUT2D eigenvalue weighted by Gasteiger charge is -2.07. The highest BCUT2D eigenvalue weighted by Gasteiger charge is 2.07. The minimum atomic E-state index is 0.0886. The highest BCUT2D eigenvalue weighted by atomic mass is 32.1. The molecule has 14 heavy (non-hydrogen) atoms. The smallest absolute Gasteiger partial charge is 0.134 e. The van der Waals surface area contributed by atoms with Crippen LogP contribution < -0.4 is 0 Å². The van der Waals surface area contributed by atoms with Gasteiger partial charge in [0.25, 0.3) is 0 Å². The number of nitriles is 1. The molecule has 1 aromatic rings. The fourth-order valence-electron chi connectivity index (χ4n) is 1.32. The van der Waals surface area contributed by atoms with Gasteiger partial charge in [0, 0.05) is 11.3 Å². The van der Waals surface area contributed by atoms with Gasteiger partial charge in [0.15, 0.2) is 0 Å². The maximum absolute atomic E-state index is 11.0. The number of thiol groups is 1. The molecule has 0 aromatic heterocycles. The number of rotatable bonds is 3. The molecule has 0 heterocycles. The predicted molar refractivity (Wildman–Crippen MR) is 57.4 cm³/mol. The van der Waals surface area contributed by atoms with Crippen LogP contribution in [0.1, 0.15) is 18.1 Å². The average molecular weight is 205 g/mol. The van der Waals surface area contributed by atoms with Gasteiger partial charge in [-0.15, -0.1) is 12.6 Å². The van der Waals surface area contributed by atoms with E-state index in [2.05, 4.69) is 18.7 Å². The van der Waals surface area contributed by atoms with Crippen molar-refractivity contribution in [2.45, 2.75) is 24.7 Å². The first-order valence-corrected chi connectivity index (χ1v) is 4.76. The Morgan fingerprint density at radius 1 is 1.57 bits per heavy atom. The van der Waals surface area contributed by atoms with Crippen molar-refractivity contribution in [3.8, 4) is 6.07 Å². The lowest BCUT2D eigenvalue weighted by molar-refractivity contribution is -0.116. The molecule has 0 saturated heterocycles. The highest BCUT2D eigenvalue weighted by molar-refractivity contribution is 7.80. The first kappa shape index (κ1) is 10.8. The fraction of sp³-hybridized carbons (Fsp3) is 0.273. The molecule has 0 amide bonds. The van der Waals surface area contributed by atoms with Gasteiger partial charge in [0.1, 0.15) is 5.78 Å². The van der Waals surface area contributed by atoms with Crippen LogP contribution in [-0.4, -0.2) is 5.78 Å². The molecule has 1 aromatic carbocycles. The maximum atomic E-state index is 11.0. The highest BCUT2D eigenvalue weighted by Crippen LogP contribution is 2.19. The number of hydrogen-bond donors (Lipinski definition) is 1. The SMILES string of the molecule is CC(=O)Cc1c(S)cccc1CC#N. The van der Waals surface area contributed by atoms with E-state index in [1.165, 1.54) is 6.92 Å². The van der Waals surface area contributed by atoms with Gasteiger partial charge in [-0.1, -0.05) is 12.1 Å². The van der Waals surface area contributed by atoms with E-state index in [1.807, 2.05) is 18.2 Å². The van der Waals surface area contributed by atoms with E-state index in [9.17, 15) is 4.79 Å². The number of nitrogens with zero attached hydrogens (tertiary/aromatic N) is 1. The Hall–Kier alpha value is -1.27. The normalized spacial score (nSPS) is 9.50. The van der Waals surface area contributed by atoms with E-state index in [1.54, 1.807) is 0 Å². The minimum Gasteiger partial charge on any atom is -0.300 e. The van der Waals surface area contributed by atoms with Crippen LogP contribution >= 0.6 is 12.6 Å². The van der Waals surface area contributed by atoms with Gasteiger partial charge in [-0.25, -0.2) is 0 Å². The summed E-state index contributed by atoms with van der Waals surface area (Å²) >= 11 is 4.27. The maximum Gasteiger partial charge on any atom is 0.134 e. The third-order valence-electron chi connectivity index (χ3n) is 1.94. The standard InChI is InChI=1S/C11H11NOS/c1-8(13)7-10-9(5-6-12)3-2-4-11(10)14/h2-4,14H,5,7H2,1H3. The van der Waals surface area contributed by atoms with Crippen LogP contribution in [0.4, 0.5) is 0 Å². The van der Waals surface area contributed by atoms with Crippen molar-refractivity contribution in [2.75, 3.05) is 0 Å². The van der Waals surface area contributed by atoms with Crippen LogP contribution in [0.25, 0.3) is 0 Å². The monoisotopic (exact) mass is 205 g/mol. The van der Waals surface area contributed by atoms with Gasteiger partial charge in [0.05, 0.1) is 12.5 Å². The summed E-state index contributed by atoms with van der Waals surface area (Å²) in [5, 5.41) is 8.61.